The molecule has 0 atom stereocenters. The first-order valence-corrected chi connectivity index (χ1v) is 13.7. The van der Waals surface area contributed by atoms with Crippen molar-refractivity contribution in [1.29, 1.82) is 0 Å². The van der Waals surface area contributed by atoms with Gasteiger partial charge in [-0.15, -0.1) is 0 Å². The van der Waals surface area contributed by atoms with Gasteiger partial charge in [0, 0.05) is 26.2 Å². The van der Waals surface area contributed by atoms with Gasteiger partial charge in [-0.1, -0.05) is 29.8 Å². The number of carbonyl (C=O) groups is 1. The molecule has 0 radical (unpaired) electrons. The topological polar surface area (TPSA) is 105 Å². The number of aromatic nitrogens is 2. The first-order valence-electron chi connectivity index (χ1n) is 11.8. The SMILES string of the molecule is CCS(=O)(=O)N(CC(=O)N1CCN(c2cnn(-c3ccccc3)c(=O)c2Cl)CC1)c1ccc(OC)cc1. The number of methoxy groups -OCH3 is 1. The lowest BCUT2D eigenvalue weighted by Gasteiger charge is -2.37. The van der Waals surface area contributed by atoms with Crippen LogP contribution in [0.2, 0.25) is 5.02 Å². The van der Waals surface area contributed by atoms with Crippen LogP contribution in [-0.2, 0) is 14.8 Å². The average molecular weight is 546 g/mol. The highest BCUT2D eigenvalue weighted by atomic mass is 35.5. The second-order valence-electron chi connectivity index (χ2n) is 8.37. The molecule has 10 nitrogen and oxygen atoms in total. The third-order valence-electron chi connectivity index (χ3n) is 6.21. The maximum atomic E-state index is 13.1. The van der Waals surface area contributed by atoms with E-state index >= 15 is 0 Å². The summed E-state index contributed by atoms with van der Waals surface area (Å²) >= 11 is 6.43. The number of carbonyl (C=O) groups excluding carboxylic acids is 1. The van der Waals surface area contributed by atoms with Crippen molar-refractivity contribution in [2.24, 2.45) is 0 Å². The molecular weight excluding hydrogens is 518 g/mol. The van der Waals surface area contributed by atoms with E-state index in [1.807, 2.05) is 23.1 Å². The average Bonchev–Trinajstić information content (AvgIpc) is 2.93. The van der Waals surface area contributed by atoms with Gasteiger partial charge in [0.25, 0.3) is 5.56 Å². The first kappa shape index (κ1) is 26.5. The quantitative estimate of drug-likeness (QED) is 0.428. The Morgan fingerprint density at radius 2 is 1.70 bits per heavy atom. The monoisotopic (exact) mass is 545 g/mol. The third-order valence-corrected chi connectivity index (χ3v) is 8.31. The highest BCUT2D eigenvalue weighted by molar-refractivity contribution is 7.92. The number of rotatable bonds is 8. The van der Waals surface area contributed by atoms with Crippen molar-refractivity contribution in [3.05, 3.63) is 76.2 Å². The zero-order valence-corrected chi connectivity index (χ0v) is 22.2. The van der Waals surface area contributed by atoms with Crippen molar-refractivity contribution in [3.8, 4) is 11.4 Å². The molecule has 4 rings (SSSR count). The summed E-state index contributed by atoms with van der Waals surface area (Å²) in [5.74, 6) is 0.140. The van der Waals surface area contributed by atoms with Gasteiger partial charge in [0.15, 0.2) is 0 Å². The van der Waals surface area contributed by atoms with E-state index in [0.717, 1.165) is 4.31 Å². The Bertz CT molecular complexity index is 1410. The fraction of sp³-hybridized carbons (Fsp3) is 0.320. The van der Waals surface area contributed by atoms with Gasteiger partial charge >= 0.3 is 0 Å². The summed E-state index contributed by atoms with van der Waals surface area (Å²) in [4.78, 5) is 29.5. The molecule has 12 heteroatoms. The zero-order chi connectivity index (χ0) is 26.6. The Kier molecular flexibility index (Phi) is 8.03. The fourth-order valence-corrected chi connectivity index (χ4v) is 5.38. The van der Waals surface area contributed by atoms with Crippen LogP contribution in [0.25, 0.3) is 5.69 Å². The third kappa shape index (κ3) is 5.72. The number of para-hydroxylation sites is 1. The Morgan fingerprint density at radius 3 is 2.30 bits per heavy atom. The number of sulfonamides is 1. The van der Waals surface area contributed by atoms with Crippen LogP contribution in [0.4, 0.5) is 11.4 Å². The predicted molar refractivity (Wildman–Crippen MR) is 143 cm³/mol. The maximum Gasteiger partial charge on any atom is 0.292 e. The largest absolute Gasteiger partial charge is 0.497 e. The predicted octanol–water partition coefficient (Wildman–Crippen LogP) is 2.40. The molecule has 0 saturated carbocycles. The molecule has 0 bridgehead atoms. The van der Waals surface area contributed by atoms with Gasteiger partial charge in [0.05, 0.1) is 36.1 Å². The number of anilines is 2. The van der Waals surface area contributed by atoms with Crippen LogP contribution < -0.4 is 19.5 Å². The summed E-state index contributed by atoms with van der Waals surface area (Å²) < 4.78 is 33.1. The van der Waals surface area contributed by atoms with Crippen molar-refractivity contribution in [3.63, 3.8) is 0 Å². The minimum absolute atomic E-state index is 0.0540. The standard InChI is InChI=1S/C25H28ClN5O5S/c1-3-37(34,35)30(19-9-11-21(36-2)12-10-19)18-23(32)29-15-13-28(14-16-29)22-17-27-31(25(33)24(22)26)20-7-5-4-6-8-20/h4-12,17H,3,13-16,18H2,1-2H3. The molecule has 196 valence electrons. The summed E-state index contributed by atoms with van der Waals surface area (Å²) in [7, 11) is -2.16. The van der Waals surface area contributed by atoms with E-state index in [0.29, 0.717) is 49.0 Å². The molecule has 1 saturated heterocycles. The zero-order valence-electron chi connectivity index (χ0n) is 20.6. The van der Waals surface area contributed by atoms with E-state index in [1.165, 1.54) is 11.8 Å². The fourth-order valence-electron chi connectivity index (χ4n) is 4.07. The van der Waals surface area contributed by atoms with Crippen molar-refractivity contribution in [2.75, 3.05) is 54.8 Å². The van der Waals surface area contributed by atoms with E-state index < -0.39 is 15.6 Å². The lowest BCUT2D eigenvalue weighted by Crippen LogP contribution is -2.52. The minimum atomic E-state index is -3.69. The Balaban J connectivity index is 1.45. The lowest BCUT2D eigenvalue weighted by molar-refractivity contribution is -0.129. The van der Waals surface area contributed by atoms with Crippen LogP contribution in [0.15, 0.2) is 65.6 Å². The molecule has 0 aliphatic carbocycles. The molecule has 2 heterocycles. The van der Waals surface area contributed by atoms with Crippen molar-refractivity contribution in [1.82, 2.24) is 14.7 Å². The molecule has 37 heavy (non-hydrogen) atoms. The smallest absolute Gasteiger partial charge is 0.292 e. The summed E-state index contributed by atoms with van der Waals surface area (Å²) in [6.45, 7) is 2.77. The van der Waals surface area contributed by atoms with E-state index in [4.69, 9.17) is 16.3 Å². The van der Waals surface area contributed by atoms with Gasteiger partial charge < -0.3 is 14.5 Å². The number of hydrogen-bond acceptors (Lipinski definition) is 7. The van der Waals surface area contributed by atoms with Gasteiger partial charge in [-0.3, -0.25) is 13.9 Å². The second kappa shape index (κ2) is 11.2. The highest BCUT2D eigenvalue weighted by Gasteiger charge is 2.29. The molecule has 0 unspecified atom stereocenters. The van der Waals surface area contributed by atoms with Crippen molar-refractivity contribution < 1.29 is 17.9 Å². The number of piperazine rings is 1. The first-order chi connectivity index (χ1) is 17.7. The van der Waals surface area contributed by atoms with E-state index in [9.17, 15) is 18.0 Å². The van der Waals surface area contributed by atoms with Crippen LogP contribution in [0, 0.1) is 0 Å². The molecule has 1 aliphatic rings. The summed E-state index contributed by atoms with van der Waals surface area (Å²) in [5, 5.41) is 4.33. The van der Waals surface area contributed by atoms with Crippen molar-refractivity contribution >= 4 is 38.9 Å². The number of halogens is 1. The molecule has 1 aromatic heterocycles. The van der Waals surface area contributed by atoms with Crippen LogP contribution in [0.3, 0.4) is 0 Å². The number of amides is 1. The molecule has 1 amide bonds. The number of hydrogen-bond donors (Lipinski definition) is 0. The highest BCUT2D eigenvalue weighted by Crippen LogP contribution is 2.25. The molecule has 2 aromatic carbocycles. The van der Waals surface area contributed by atoms with E-state index in [2.05, 4.69) is 5.10 Å². The van der Waals surface area contributed by atoms with Crippen molar-refractivity contribution in [2.45, 2.75) is 6.92 Å². The summed E-state index contributed by atoms with van der Waals surface area (Å²) in [6.07, 6.45) is 1.55. The second-order valence-corrected chi connectivity index (χ2v) is 10.9. The molecule has 0 spiro atoms. The van der Waals surface area contributed by atoms with Crippen LogP contribution in [0.1, 0.15) is 6.92 Å². The minimum Gasteiger partial charge on any atom is -0.497 e. The normalized spacial score (nSPS) is 13.9. The molecular formula is C25H28ClN5O5S. The van der Waals surface area contributed by atoms with E-state index in [1.54, 1.807) is 54.4 Å². The van der Waals surface area contributed by atoms with Gasteiger partial charge in [0.2, 0.25) is 15.9 Å². The Hall–Kier alpha value is -3.57. The molecule has 3 aromatic rings. The van der Waals surface area contributed by atoms with Gasteiger partial charge in [-0.25, -0.2) is 8.42 Å². The Morgan fingerprint density at radius 1 is 1.05 bits per heavy atom. The van der Waals surface area contributed by atoms with Crippen LogP contribution in [0.5, 0.6) is 5.75 Å². The van der Waals surface area contributed by atoms with Crippen LogP contribution in [-0.4, -0.2) is 74.6 Å². The molecule has 1 fully saturated rings. The Labute approximate surface area is 220 Å². The number of benzene rings is 2. The maximum absolute atomic E-state index is 13.1. The van der Waals surface area contributed by atoms with Gasteiger partial charge in [0.1, 0.15) is 17.3 Å². The van der Waals surface area contributed by atoms with Gasteiger partial charge in [-0.2, -0.15) is 9.78 Å². The van der Waals surface area contributed by atoms with Gasteiger partial charge in [-0.05, 0) is 43.3 Å². The van der Waals surface area contributed by atoms with E-state index in [-0.39, 0.29) is 23.2 Å². The number of ether oxygens (including phenoxy) is 1. The molecule has 1 aliphatic heterocycles. The van der Waals surface area contributed by atoms with Crippen LogP contribution >= 0.6 is 11.6 Å². The summed E-state index contributed by atoms with van der Waals surface area (Å²) in [6, 6.07) is 15.5. The summed E-state index contributed by atoms with van der Waals surface area (Å²) in [5.41, 5.74) is 1.08. The lowest BCUT2D eigenvalue weighted by atomic mass is 10.2. The number of nitrogens with zero attached hydrogens (tertiary/aromatic N) is 5. The molecule has 0 N–H and O–H groups in total.